The molecule has 2 aromatic rings. The molecule has 22 heavy (non-hydrogen) atoms. The van der Waals surface area contributed by atoms with Crippen LogP contribution in [0.4, 0.5) is 0 Å². The van der Waals surface area contributed by atoms with Crippen molar-refractivity contribution in [2.24, 2.45) is 5.92 Å². The zero-order chi connectivity index (χ0) is 15.4. The maximum atomic E-state index is 5.44. The molecule has 1 saturated heterocycles. The molecule has 2 heterocycles. The highest BCUT2D eigenvalue weighted by atomic mass is 16.5. The van der Waals surface area contributed by atoms with Gasteiger partial charge < -0.3 is 14.4 Å². The number of aromatic nitrogens is 2. The van der Waals surface area contributed by atoms with E-state index in [1.165, 1.54) is 12.0 Å². The molecule has 3 rings (SSSR count). The number of hydrogen-bond acceptors (Lipinski definition) is 4. The van der Waals surface area contributed by atoms with E-state index in [2.05, 4.69) is 23.2 Å². The molecule has 1 fully saturated rings. The molecule has 1 atom stereocenters. The molecule has 0 radical (unpaired) electrons. The van der Waals surface area contributed by atoms with E-state index in [-0.39, 0.29) is 0 Å². The van der Waals surface area contributed by atoms with Crippen molar-refractivity contribution < 1.29 is 9.47 Å². The Hall–Kier alpha value is -1.85. The molecule has 0 aliphatic carbocycles. The van der Waals surface area contributed by atoms with Crippen molar-refractivity contribution in [1.29, 1.82) is 0 Å². The summed E-state index contributed by atoms with van der Waals surface area (Å²) in [6.45, 7) is 3.78. The van der Waals surface area contributed by atoms with Crippen molar-refractivity contribution in [2.75, 3.05) is 33.9 Å². The molecule has 0 saturated carbocycles. The van der Waals surface area contributed by atoms with Gasteiger partial charge in [-0.2, -0.15) is 5.10 Å². The third-order valence-electron chi connectivity index (χ3n) is 4.00. The maximum Gasteiger partial charge on any atom is 0.121 e. The van der Waals surface area contributed by atoms with Crippen LogP contribution in [-0.4, -0.2) is 48.6 Å². The first-order valence-electron chi connectivity index (χ1n) is 7.69. The van der Waals surface area contributed by atoms with Crippen molar-refractivity contribution in [2.45, 2.75) is 13.0 Å². The van der Waals surface area contributed by atoms with E-state index in [1.54, 1.807) is 7.11 Å². The molecule has 1 aromatic heterocycles. The zero-order valence-corrected chi connectivity index (χ0v) is 13.2. The quantitative estimate of drug-likeness (QED) is 0.821. The Morgan fingerprint density at radius 2 is 2.36 bits per heavy atom. The van der Waals surface area contributed by atoms with Crippen LogP contribution in [0.15, 0.2) is 36.7 Å². The van der Waals surface area contributed by atoms with Gasteiger partial charge >= 0.3 is 0 Å². The van der Waals surface area contributed by atoms with E-state index < -0.39 is 0 Å². The fourth-order valence-electron chi connectivity index (χ4n) is 2.88. The van der Waals surface area contributed by atoms with E-state index in [9.17, 15) is 0 Å². The lowest BCUT2D eigenvalue weighted by Gasteiger charge is -2.18. The second-order valence-electron chi connectivity index (χ2n) is 5.92. The fourth-order valence-corrected chi connectivity index (χ4v) is 2.88. The highest BCUT2D eigenvalue weighted by Crippen LogP contribution is 2.17. The van der Waals surface area contributed by atoms with E-state index in [4.69, 9.17) is 9.47 Å². The Bertz CT molecular complexity index is 605. The van der Waals surface area contributed by atoms with Crippen molar-refractivity contribution in [1.82, 2.24) is 14.7 Å². The Morgan fingerprint density at radius 3 is 3.14 bits per heavy atom. The Kier molecular flexibility index (Phi) is 4.75. The topological polar surface area (TPSA) is 39.5 Å². The summed E-state index contributed by atoms with van der Waals surface area (Å²) in [7, 11) is 3.83. The Balaban J connectivity index is 1.62. The first-order valence-corrected chi connectivity index (χ1v) is 7.69. The van der Waals surface area contributed by atoms with Gasteiger partial charge in [0.15, 0.2) is 0 Å². The van der Waals surface area contributed by atoms with Crippen molar-refractivity contribution in [3.63, 3.8) is 0 Å². The standard InChI is InChI=1S/C17H23N3O2/c1-19(10-14-6-7-22-13-14)11-15-9-18-20(12-15)16-4-3-5-17(8-16)21-2/h3-5,8-9,12,14H,6-7,10-11,13H2,1-2H3/t14-/m0/s1. The summed E-state index contributed by atoms with van der Waals surface area (Å²) in [6.07, 6.45) is 5.19. The molecule has 0 amide bonds. The van der Waals surface area contributed by atoms with Crippen molar-refractivity contribution >= 4 is 0 Å². The molecule has 0 N–H and O–H groups in total. The smallest absolute Gasteiger partial charge is 0.121 e. The third kappa shape index (κ3) is 3.67. The average molecular weight is 301 g/mol. The van der Waals surface area contributed by atoms with Gasteiger partial charge in [0.2, 0.25) is 0 Å². The second-order valence-corrected chi connectivity index (χ2v) is 5.92. The number of hydrogen-bond donors (Lipinski definition) is 0. The highest BCUT2D eigenvalue weighted by molar-refractivity contribution is 5.38. The SMILES string of the molecule is COc1cccc(-n2cc(CN(C)C[C@@H]3CCOC3)cn2)c1. The summed E-state index contributed by atoms with van der Waals surface area (Å²) in [5, 5.41) is 4.46. The van der Waals surface area contributed by atoms with Gasteiger partial charge in [0.05, 0.1) is 25.6 Å². The van der Waals surface area contributed by atoms with Gasteiger partial charge in [-0.3, -0.25) is 0 Å². The van der Waals surface area contributed by atoms with Gasteiger partial charge in [-0.15, -0.1) is 0 Å². The minimum atomic E-state index is 0.665. The molecule has 5 heteroatoms. The van der Waals surface area contributed by atoms with Crippen LogP contribution < -0.4 is 4.74 Å². The van der Waals surface area contributed by atoms with Crippen LogP contribution in [0.25, 0.3) is 5.69 Å². The van der Waals surface area contributed by atoms with Gasteiger partial charge in [-0.25, -0.2) is 4.68 Å². The lowest BCUT2D eigenvalue weighted by Crippen LogP contribution is -2.25. The molecule has 1 aliphatic rings. The molecular weight excluding hydrogens is 278 g/mol. The van der Waals surface area contributed by atoms with E-state index in [1.807, 2.05) is 35.1 Å². The minimum Gasteiger partial charge on any atom is -0.497 e. The van der Waals surface area contributed by atoms with Gasteiger partial charge in [-0.1, -0.05) is 6.07 Å². The van der Waals surface area contributed by atoms with Crippen LogP contribution in [0.1, 0.15) is 12.0 Å². The van der Waals surface area contributed by atoms with Gasteiger partial charge in [0, 0.05) is 37.5 Å². The average Bonchev–Trinajstić information content (AvgIpc) is 3.19. The van der Waals surface area contributed by atoms with Crippen LogP contribution in [0.3, 0.4) is 0 Å². The molecule has 0 spiro atoms. The van der Waals surface area contributed by atoms with Crippen LogP contribution in [0, 0.1) is 5.92 Å². The first-order chi connectivity index (χ1) is 10.7. The summed E-state index contributed by atoms with van der Waals surface area (Å²) >= 11 is 0. The molecule has 5 nitrogen and oxygen atoms in total. The van der Waals surface area contributed by atoms with Gasteiger partial charge in [0.1, 0.15) is 5.75 Å². The first kappa shape index (κ1) is 15.1. The molecular formula is C17H23N3O2. The van der Waals surface area contributed by atoms with Crippen molar-refractivity contribution in [3.05, 3.63) is 42.2 Å². The minimum absolute atomic E-state index is 0.665. The largest absolute Gasteiger partial charge is 0.497 e. The van der Waals surface area contributed by atoms with Crippen LogP contribution in [-0.2, 0) is 11.3 Å². The van der Waals surface area contributed by atoms with Gasteiger partial charge in [0.25, 0.3) is 0 Å². The summed E-state index contributed by atoms with van der Waals surface area (Å²) in [5.74, 6) is 1.51. The van der Waals surface area contributed by atoms with E-state index >= 15 is 0 Å². The molecule has 0 unspecified atom stereocenters. The van der Waals surface area contributed by atoms with Crippen LogP contribution >= 0.6 is 0 Å². The monoisotopic (exact) mass is 301 g/mol. The molecule has 0 bridgehead atoms. The molecule has 1 aliphatic heterocycles. The maximum absolute atomic E-state index is 5.44. The number of methoxy groups -OCH3 is 1. The zero-order valence-electron chi connectivity index (χ0n) is 13.2. The van der Waals surface area contributed by atoms with E-state index in [0.717, 1.165) is 37.7 Å². The molecule has 118 valence electrons. The normalized spacial score (nSPS) is 18.0. The Morgan fingerprint density at radius 1 is 1.45 bits per heavy atom. The summed E-state index contributed by atoms with van der Waals surface area (Å²) < 4.78 is 12.6. The lowest BCUT2D eigenvalue weighted by molar-refractivity contribution is 0.173. The number of rotatable bonds is 6. The summed E-state index contributed by atoms with van der Waals surface area (Å²) in [5.41, 5.74) is 2.22. The van der Waals surface area contributed by atoms with Crippen molar-refractivity contribution in [3.8, 4) is 11.4 Å². The summed E-state index contributed by atoms with van der Waals surface area (Å²) in [4.78, 5) is 2.34. The summed E-state index contributed by atoms with van der Waals surface area (Å²) in [6, 6.07) is 7.92. The van der Waals surface area contributed by atoms with E-state index in [0.29, 0.717) is 5.92 Å². The highest BCUT2D eigenvalue weighted by Gasteiger charge is 2.17. The molecule has 1 aromatic carbocycles. The number of nitrogens with zero attached hydrogens (tertiary/aromatic N) is 3. The number of benzene rings is 1. The third-order valence-corrected chi connectivity index (χ3v) is 4.00. The predicted octanol–water partition coefficient (Wildman–Crippen LogP) is 2.35. The predicted molar refractivity (Wildman–Crippen MR) is 85.4 cm³/mol. The van der Waals surface area contributed by atoms with Crippen LogP contribution in [0.5, 0.6) is 5.75 Å². The lowest BCUT2D eigenvalue weighted by atomic mass is 10.1. The van der Waals surface area contributed by atoms with Gasteiger partial charge in [-0.05, 0) is 31.5 Å². The number of ether oxygens (including phenoxy) is 2. The second kappa shape index (κ2) is 6.94. The van der Waals surface area contributed by atoms with Crippen LogP contribution in [0.2, 0.25) is 0 Å². The fraction of sp³-hybridized carbons (Fsp3) is 0.471. The Labute approximate surface area is 131 Å².